The number of hydrogen-bond acceptors (Lipinski definition) is 3. The molecule has 0 heterocycles. The number of hydrogen-bond donors (Lipinski definition) is 3. The number of amides is 1. The fourth-order valence-corrected chi connectivity index (χ4v) is 1.71. The van der Waals surface area contributed by atoms with Gasteiger partial charge >= 0.3 is 5.97 Å². The minimum absolute atomic E-state index is 0.125. The van der Waals surface area contributed by atoms with Gasteiger partial charge in [0.25, 0.3) is 0 Å². The topological polar surface area (TPSA) is 78.4 Å². The van der Waals surface area contributed by atoms with Crippen molar-refractivity contribution in [1.29, 1.82) is 0 Å². The molecule has 1 rings (SSSR count). The molecule has 1 aromatic carbocycles. The van der Waals surface area contributed by atoms with Crippen LogP contribution in [0.2, 0.25) is 10.0 Å². The van der Waals surface area contributed by atoms with Crippen LogP contribution in [0.5, 0.6) is 0 Å². The lowest BCUT2D eigenvalue weighted by Crippen LogP contribution is -2.47. The van der Waals surface area contributed by atoms with Gasteiger partial charge in [0.15, 0.2) is 0 Å². The molecule has 0 aliphatic heterocycles. The second kappa shape index (κ2) is 6.92. The van der Waals surface area contributed by atoms with Crippen LogP contribution in [-0.4, -0.2) is 29.1 Å². The minimum Gasteiger partial charge on any atom is -0.480 e. The van der Waals surface area contributed by atoms with Crippen molar-refractivity contribution in [1.82, 2.24) is 5.32 Å². The third kappa shape index (κ3) is 5.00. The van der Waals surface area contributed by atoms with Gasteiger partial charge in [0.2, 0.25) is 5.91 Å². The van der Waals surface area contributed by atoms with Crippen LogP contribution in [0.4, 0.5) is 5.69 Å². The molecule has 0 aliphatic rings. The Kier molecular flexibility index (Phi) is 5.80. The number of carbonyl (C=O) groups is 2. The number of nitrogens with one attached hydrogen (secondary N) is 2. The molecule has 1 aromatic rings. The van der Waals surface area contributed by atoms with E-state index >= 15 is 0 Å². The lowest BCUT2D eigenvalue weighted by Gasteiger charge is -2.20. The largest absolute Gasteiger partial charge is 0.480 e. The van der Waals surface area contributed by atoms with E-state index in [9.17, 15) is 9.59 Å². The monoisotopic (exact) mass is 318 g/mol. The lowest BCUT2D eigenvalue weighted by atomic mass is 10.1. The van der Waals surface area contributed by atoms with Crippen molar-refractivity contribution in [3.8, 4) is 0 Å². The Labute approximate surface area is 127 Å². The molecule has 1 amide bonds. The predicted molar refractivity (Wildman–Crippen MR) is 79.4 cm³/mol. The van der Waals surface area contributed by atoms with Crippen LogP contribution in [0.15, 0.2) is 18.2 Å². The van der Waals surface area contributed by atoms with Crippen LogP contribution in [0.3, 0.4) is 0 Å². The normalized spacial score (nSPS) is 11.2. The SMILES string of the molecule is CC(C)(NCCC(=O)Nc1cc(Cl)ccc1Cl)C(=O)O. The molecule has 0 saturated heterocycles. The third-order valence-electron chi connectivity index (χ3n) is 2.66. The summed E-state index contributed by atoms with van der Waals surface area (Å²) in [4.78, 5) is 22.6. The molecule has 0 saturated carbocycles. The zero-order chi connectivity index (χ0) is 15.3. The zero-order valence-electron chi connectivity index (χ0n) is 11.2. The Morgan fingerprint density at radius 3 is 2.55 bits per heavy atom. The molecule has 0 fully saturated rings. The maximum absolute atomic E-state index is 11.7. The van der Waals surface area contributed by atoms with E-state index in [1.165, 1.54) is 13.8 Å². The van der Waals surface area contributed by atoms with E-state index in [4.69, 9.17) is 28.3 Å². The van der Waals surface area contributed by atoms with Gasteiger partial charge < -0.3 is 15.7 Å². The molecule has 0 unspecified atom stereocenters. The third-order valence-corrected chi connectivity index (χ3v) is 3.22. The van der Waals surface area contributed by atoms with Crippen molar-refractivity contribution in [2.75, 3.05) is 11.9 Å². The van der Waals surface area contributed by atoms with Gasteiger partial charge in [-0.25, -0.2) is 0 Å². The van der Waals surface area contributed by atoms with E-state index in [0.717, 1.165) is 0 Å². The summed E-state index contributed by atoms with van der Waals surface area (Å²) in [5.41, 5.74) is -0.643. The van der Waals surface area contributed by atoms with Crippen molar-refractivity contribution in [2.24, 2.45) is 0 Å². The average molecular weight is 319 g/mol. The fraction of sp³-hybridized carbons (Fsp3) is 0.385. The fourth-order valence-electron chi connectivity index (χ4n) is 1.37. The van der Waals surface area contributed by atoms with Gasteiger partial charge in [0.05, 0.1) is 10.7 Å². The molecule has 3 N–H and O–H groups in total. The molecular weight excluding hydrogens is 303 g/mol. The second-order valence-corrected chi connectivity index (χ2v) is 5.62. The average Bonchev–Trinajstić information content (AvgIpc) is 2.33. The summed E-state index contributed by atoms with van der Waals surface area (Å²) in [6.07, 6.45) is 0.125. The summed E-state index contributed by atoms with van der Waals surface area (Å²) in [6, 6.07) is 4.76. The summed E-state index contributed by atoms with van der Waals surface area (Å²) >= 11 is 11.7. The van der Waals surface area contributed by atoms with E-state index in [1.807, 2.05) is 0 Å². The minimum atomic E-state index is -1.08. The van der Waals surface area contributed by atoms with Crippen molar-refractivity contribution in [3.05, 3.63) is 28.2 Å². The molecule has 7 heteroatoms. The highest BCUT2D eigenvalue weighted by molar-refractivity contribution is 6.35. The highest BCUT2D eigenvalue weighted by atomic mass is 35.5. The molecule has 0 atom stereocenters. The number of anilines is 1. The maximum Gasteiger partial charge on any atom is 0.323 e. The second-order valence-electron chi connectivity index (χ2n) is 4.78. The van der Waals surface area contributed by atoms with Crippen LogP contribution in [0.1, 0.15) is 20.3 Å². The van der Waals surface area contributed by atoms with Crippen molar-refractivity contribution in [2.45, 2.75) is 25.8 Å². The summed E-state index contributed by atoms with van der Waals surface area (Å²) in [5, 5.41) is 15.2. The van der Waals surface area contributed by atoms with E-state index in [-0.39, 0.29) is 18.9 Å². The van der Waals surface area contributed by atoms with Crippen molar-refractivity contribution >= 4 is 40.8 Å². The first-order valence-corrected chi connectivity index (χ1v) is 6.71. The molecule has 5 nitrogen and oxygen atoms in total. The van der Waals surface area contributed by atoms with Gasteiger partial charge in [0.1, 0.15) is 5.54 Å². The summed E-state index contributed by atoms with van der Waals surface area (Å²) in [7, 11) is 0. The first-order valence-electron chi connectivity index (χ1n) is 5.95. The predicted octanol–water partition coefficient (Wildman–Crippen LogP) is 2.77. The van der Waals surface area contributed by atoms with Crippen LogP contribution in [0, 0.1) is 0 Å². The number of aliphatic carboxylic acids is 1. The quantitative estimate of drug-likeness (QED) is 0.753. The highest BCUT2D eigenvalue weighted by Gasteiger charge is 2.25. The van der Waals surface area contributed by atoms with E-state index < -0.39 is 11.5 Å². The molecule has 20 heavy (non-hydrogen) atoms. The highest BCUT2D eigenvalue weighted by Crippen LogP contribution is 2.25. The molecule has 0 spiro atoms. The van der Waals surface area contributed by atoms with Crippen LogP contribution < -0.4 is 10.6 Å². The van der Waals surface area contributed by atoms with Crippen LogP contribution >= 0.6 is 23.2 Å². The number of carbonyl (C=O) groups excluding carboxylic acids is 1. The Bertz CT molecular complexity index is 518. The summed E-state index contributed by atoms with van der Waals surface area (Å²) in [5.74, 6) is -1.25. The lowest BCUT2D eigenvalue weighted by molar-refractivity contribution is -0.143. The molecule has 0 aromatic heterocycles. The Hall–Kier alpha value is -1.30. The zero-order valence-corrected chi connectivity index (χ0v) is 12.7. The van der Waals surface area contributed by atoms with Gasteiger partial charge in [-0.15, -0.1) is 0 Å². The molecule has 0 aliphatic carbocycles. The molecule has 110 valence electrons. The Morgan fingerprint density at radius 2 is 1.95 bits per heavy atom. The molecular formula is C13H16Cl2N2O3. The van der Waals surface area contributed by atoms with Crippen LogP contribution in [0.25, 0.3) is 0 Å². The summed E-state index contributed by atoms with van der Waals surface area (Å²) < 4.78 is 0. The molecule has 0 bridgehead atoms. The number of carboxylic acid groups (broad SMARTS) is 1. The maximum atomic E-state index is 11.7. The number of halogens is 2. The van der Waals surface area contributed by atoms with E-state index in [2.05, 4.69) is 10.6 Å². The van der Waals surface area contributed by atoms with Crippen LogP contribution in [-0.2, 0) is 9.59 Å². The van der Waals surface area contributed by atoms with Gasteiger partial charge in [-0.3, -0.25) is 9.59 Å². The Balaban J connectivity index is 2.49. The van der Waals surface area contributed by atoms with Gasteiger partial charge in [-0.2, -0.15) is 0 Å². The summed E-state index contributed by atoms with van der Waals surface area (Å²) in [6.45, 7) is 3.30. The van der Waals surface area contributed by atoms with E-state index in [1.54, 1.807) is 18.2 Å². The number of rotatable bonds is 6. The first kappa shape index (κ1) is 16.8. The smallest absolute Gasteiger partial charge is 0.323 e. The Morgan fingerprint density at radius 1 is 1.30 bits per heavy atom. The van der Waals surface area contributed by atoms with Crippen molar-refractivity contribution in [3.63, 3.8) is 0 Å². The standard InChI is InChI=1S/C13H16Cl2N2O3/c1-13(2,12(19)20)16-6-5-11(18)17-10-7-8(14)3-4-9(10)15/h3-4,7,16H,5-6H2,1-2H3,(H,17,18)(H,19,20). The van der Waals surface area contributed by atoms with Crippen molar-refractivity contribution < 1.29 is 14.7 Å². The van der Waals surface area contributed by atoms with Gasteiger partial charge in [-0.1, -0.05) is 23.2 Å². The van der Waals surface area contributed by atoms with Gasteiger partial charge in [0, 0.05) is 18.0 Å². The molecule has 0 radical (unpaired) electrons. The number of benzene rings is 1. The van der Waals surface area contributed by atoms with Gasteiger partial charge in [-0.05, 0) is 32.0 Å². The first-order chi connectivity index (χ1) is 9.22. The number of carboxylic acids is 1. The van der Waals surface area contributed by atoms with E-state index in [0.29, 0.717) is 15.7 Å².